The van der Waals surface area contributed by atoms with Gasteiger partial charge in [0.15, 0.2) is 5.69 Å². The van der Waals surface area contributed by atoms with Crippen molar-refractivity contribution in [2.45, 2.75) is 27.3 Å². The molecule has 18 heavy (non-hydrogen) atoms. The Labute approximate surface area is 123 Å². The second kappa shape index (κ2) is 6.78. The number of aromatic nitrogens is 1. The van der Waals surface area contributed by atoms with Crippen LogP contribution < -0.4 is 17.0 Å². The van der Waals surface area contributed by atoms with Gasteiger partial charge in [-0.2, -0.15) is 16.3 Å². The molecule has 3 nitrogen and oxygen atoms in total. The molecule has 1 saturated heterocycles. The molecule has 1 fully saturated rings. The van der Waals surface area contributed by atoms with Crippen LogP contribution in [0.1, 0.15) is 15.6 Å². The van der Waals surface area contributed by atoms with Crippen molar-refractivity contribution in [3.8, 4) is 0 Å². The minimum Gasteiger partial charge on any atom is -1.00 e. The number of thioether (sulfide) groups is 1. The molecule has 0 unspecified atom stereocenters. The molecule has 1 aliphatic rings. The normalized spacial score (nSPS) is 15.4. The predicted molar refractivity (Wildman–Crippen MR) is 72.6 cm³/mol. The SMILES string of the molecule is Cc1sc(C)[n+](CC(=O)N2CCSCC2)c1C.[Cl-]. The number of rotatable bonds is 2. The third-order valence-electron chi connectivity index (χ3n) is 3.25. The fraction of sp³-hybridized carbons (Fsp3) is 0.667. The molecule has 0 aliphatic carbocycles. The van der Waals surface area contributed by atoms with Crippen LogP contribution in [0.4, 0.5) is 0 Å². The van der Waals surface area contributed by atoms with Crippen molar-refractivity contribution in [3.63, 3.8) is 0 Å². The molecule has 1 aromatic rings. The highest BCUT2D eigenvalue weighted by Crippen LogP contribution is 2.14. The van der Waals surface area contributed by atoms with Gasteiger partial charge in [0.25, 0.3) is 5.91 Å². The lowest BCUT2D eigenvalue weighted by molar-refractivity contribution is -0.692. The summed E-state index contributed by atoms with van der Waals surface area (Å²) in [5.41, 5.74) is 1.23. The van der Waals surface area contributed by atoms with Crippen molar-refractivity contribution >= 4 is 29.0 Å². The maximum Gasteiger partial charge on any atom is 0.288 e. The third kappa shape index (κ3) is 3.39. The first kappa shape index (κ1) is 15.8. The molecule has 0 N–H and O–H groups in total. The van der Waals surface area contributed by atoms with Gasteiger partial charge in [-0.1, -0.05) is 11.3 Å². The first-order valence-electron chi connectivity index (χ1n) is 5.91. The van der Waals surface area contributed by atoms with E-state index in [0.717, 1.165) is 24.6 Å². The Morgan fingerprint density at radius 1 is 1.28 bits per heavy atom. The Bertz CT molecular complexity index is 428. The Kier molecular flexibility index (Phi) is 5.95. The van der Waals surface area contributed by atoms with E-state index in [-0.39, 0.29) is 18.3 Å². The standard InChI is InChI=1S/C12H19N2OS2.ClH/c1-9-10(2)17-11(3)14(9)8-12(15)13-4-6-16-7-5-13;/h4-8H2,1-3H3;1H/q+1;/p-1. The van der Waals surface area contributed by atoms with Gasteiger partial charge in [0.05, 0.1) is 4.88 Å². The van der Waals surface area contributed by atoms with E-state index in [4.69, 9.17) is 0 Å². The number of hydrogen-bond acceptors (Lipinski definition) is 3. The largest absolute Gasteiger partial charge is 1.00 e. The lowest BCUT2D eigenvalue weighted by Crippen LogP contribution is -3.00. The first-order chi connectivity index (χ1) is 8.09. The van der Waals surface area contributed by atoms with E-state index in [1.807, 2.05) is 16.7 Å². The summed E-state index contributed by atoms with van der Waals surface area (Å²) in [4.78, 5) is 15.5. The van der Waals surface area contributed by atoms with Crippen molar-refractivity contribution in [2.24, 2.45) is 0 Å². The van der Waals surface area contributed by atoms with E-state index in [1.165, 1.54) is 15.6 Å². The zero-order chi connectivity index (χ0) is 12.4. The molecule has 0 radical (unpaired) electrons. The summed E-state index contributed by atoms with van der Waals surface area (Å²) in [6, 6.07) is 0. The minimum absolute atomic E-state index is 0. The number of halogens is 1. The Morgan fingerprint density at radius 2 is 1.89 bits per heavy atom. The number of nitrogens with zero attached hydrogens (tertiary/aromatic N) is 2. The van der Waals surface area contributed by atoms with E-state index in [0.29, 0.717) is 6.54 Å². The van der Waals surface area contributed by atoms with Crippen molar-refractivity contribution in [1.29, 1.82) is 0 Å². The Balaban J connectivity index is 0.00000162. The quantitative estimate of drug-likeness (QED) is 0.624. The maximum absolute atomic E-state index is 12.2. The fourth-order valence-electron chi connectivity index (χ4n) is 2.05. The van der Waals surface area contributed by atoms with Crippen LogP contribution in [0.25, 0.3) is 0 Å². The molecule has 1 amide bonds. The van der Waals surface area contributed by atoms with Crippen molar-refractivity contribution in [3.05, 3.63) is 15.6 Å². The zero-order valence-electron chi connectivity index (χ0n) is 11.0. The van der Waals surface area contributed by atoms with Crippen molar-refractivity contribution in [1.82, 2.24) is 4.90 Å². The summed E-state index contributed by atoms with van der Waals surface area (Å²) in [7, 11) is 0. The average Bonchev–Trinajstić information content (AvgIpc) is 2.57. The molecule has 2 heterocycles. The number of amides is 1. The van der Waals surface area contributed by atoms with Gasteiger partial charge in [-0.05, 0) is 6.92 Å². The molecular formula is C12H19ClN2OS2. The summed E-state index contributed by atoms with van der Waals surface area (Å²) < 4.78 is 2.14. The lowest BCUT2D eigenvalue weighted by Gasteiger charge is -2.25. The molecule has 0 saturated carbocycles. The van der Waals surface area contributed by atoms with Crippen LogP contribution in [0.15, 0.2) is 0 Å². The zero-order valence-corrected chi connectivity index (χ0v) is 13.4. The van der Waals surface area contributed by atoms with E-state index >= 15 is 0 Å². The van der Waals surface area contributed by atoms with Gasteiger partial charge in [-0.3, -0.25) is 4.79 Å². The van der Waals surface area contributed by atoms with Crippen LogP contribution in [0.5, 0.6) is 0 Å². The molecule has 6 heteroatoms. The fourth-order valence-corrected chi connectivity index (χ4v) is 3.97. The van der Waals surface area contributed by atoms with Gasteiger partial charge in [0.1, 0.15) is 0 Å². The van der Waals surface area contributed by atoms with Crippen LogP contribution >= 0.6 is 23.1 Å². The maximum atomic E-state index is 12.2. The highest BCUT2D eigenvalue weighted by Gasteiger charge is 2.25. The number of carbonyl (C=O) groups is 1. The third-order valence-corrected chi connectivity index (χ3v) is 5.31. The van der Waals surface area contributed by atoms with Crippen LogP contribution in [-0.4, -0.2) is 35.4 Å². The molecule has 0 bridgehead atoms. The molecule has 0 aromatic carbocycles. The van der Waals surface area contributed by atoms with Crippen molar-refractivity contribution < 1.29 is 21.8 Å². The lowest BCUT2D eigenvalue weighted by atomic mass is 10.3. The summed E-state index contributed by atoms with van der Waals surface area (Å²) >= 11 is 3.71. The molecular weight excluding hydrogens is 288 g/mol. The summed E-state index contributed by atoms with van der Waals surface area (Å²) in [5.74, 6) is 2.42. The molecule has 1 aromatic heterocycles. The second-order valence-electron chi connectivity index (χ2n) is 4.34. The number of thiazole rings is 1. The molecule has 1 aliphatic heterocycles. The Hall–Kier alpha value is -0.260. The highest BCUT2D eigenvalue weighted by atomic mass is 35.5. The van der Waals surface area contributed by atoms with Crippen LogP contribution in [0, 0.1) is 20.8 Å². The van der Waals surface area contributed by atoms with Gasteiger partial charge < -0.3 is 17.3 Å². The molecule has 0 atom stereocenters. The van der Waals surface area contributed by atoms with E-state index < -0.39 is 0 Å². The van der Waals surface area contributed by atoms with Crippen LogP contribution in [0.2, 0.25) is 0 Å². The number of aryl methyl sites for hydroxylation is 2. The highest BCUT2D eigenvalue weighted by molar-refractivity contribution is 7.99. The van der Waals surface area contributed by atoms with Gasteiger partial charge in [0, 0.05) is 38.4 Å². The molecule has 2 rings (SSSR count). The van der Waals surface area contributed by atoms with Gasteiger partial charge >= 0.3 is 0 Å². The van der Waals surface area contributed by atoms with E-state index in [1.54, 1.807) is 11.3 Å². The van der Waals surface area contributed by atoms with Gasteiger partial charge in [0.2, 0.25) is 11.6 Å². The summed E-state index contributed by atoms with van der Waals surface area (Å²) in [6.45, 7) is 8.62. The summed E-state index contributed by atoms with van der Waals surface area (Å²) in [6.07, 6.45) is 0. The van der Waals surface area contributed by atoms with E-state index in [2.05, 4.69) is 25.3 Å². The average molecular weight is 307 g/mol. The molecule has 102 valence electrons. The summed E-state index contributed by atoms with van der Waals surface area (Å²) in [5, 5.41) is 1.22. The monoisotopic (exact) mass is 306 g/mol. The van der Waals surface area contributed by atoms with Gasteiger partial charge in [-0.15, -0.1) is 0 Å². The van der Waals surface area contributed by atoms with Crippen molar-refractivity contribution in [2.75, 3.05) is 24.6 Å². The number of hydrogen-bond donors (Lipinski definition) is 0. The first-order valence-corrected chi connectivity index (χ1v) is 7.88. The second-order valence-corrected chi connectivity index (χ2v) is 6.97. The molecule has 0 spiro atoms. The van der Waals surface area contributed by atoms with Crippen LogP contribution in [-0.2, 0) is 11.3 Å². The Morgan fingerprint density at radius 3 is 2.39 bits per heavy atom. The van der Waals surface area contributed by atoms with Crippen LogP contribution in [0.3, 0.4) is 0 Å². The van der Waals surface area contributed by atoms with Gasteiger partial charge in [-0.25, -0.2) is 0 Å². The minimum atomic E-state index is 0. The number of carbonyl (C=O) groups excluding carboxylic acids is 1. The topological polar surface area (TPSA) is 24.2 Å². The van der Waals surface area contributed by atoms with E-state index in [9.17, 15) is 4.79 Å². The predicted octanol–water partition coefficient (Wildman–Crippen LogP) is -1.46. The smallest absolute Gasteiger partial charge is 0.288 e.